The molecule has 4 rings (SSSR count). The van der Waals surface area contributed by atoms with Crippen molar-refractivity contribution >= 4 is 23.9 Å². The number of hydrogen-bond donors (Lipinski definition) is 1. The Bertz CT molecular complexity index is 1430. The van der Waals surface area contributed by atoms with Crippen LogP contribution in [0.1, 0.15) is 56.0 Å². The lowest BCUT2D eigenvalue weighted by atomic mass is 9.88. The average molecular weight is 617 g/mol. The Morgan fingerprint density at radius 2 is 1.33 bits per heavy atom. The zero-order valence-corrected chi connectivity index (χ0v) is 26.0. The Hall–Kier alpha value is -4.54. The van der Waals surface area contributed by atoms with Crippen LogP contribution < -0.4 is 0 Å². The zero-order valence-electron chi connectivity index (χ0n) is 26.0. The van der Waals surface area contributed by atoms with Crippen molar-refractivity contribution in [3.05, 3.63) is 108 Å². The average Bonchev–Trinajstić information content (AvgIpc) is 3.31. The molecule has 3 aromatic rings. The fraction of sp³-hybridized carbons (Fsp3) is 0.371. The summed E-state index contributed by atoms with van der Waals surface area (Å²) in [5.74, 6) is -4.53. The van der Waals surface area contributed by atoms with Gasteiger partial charge in [-0.25, -0.2) is 0 Å². The van der Waals surface area contributed by atoms with Gasteiger partial charge in [-0.3, -0.25) is 29.0 Å². The van der Waals surface area contributed by atoms with Crippen molar-refractivity contribution in [2.75, 3.05) is 26.9 Å². The lowest BCUT2D eigenvalue weighted by Crippen LogP contribution is -2.53. The minimum absolute atomic E-state index is 0.0525. The Balaban J connectivity index is 2.04. The molecular formula is C35H40N2O8. The van der Waals surface area contributed by atoms with Crippen molar-refractivity contribution in [2.45, 2.75) is 51.0 Å². The van der Waals surface area contributed by atoms with E-state index >= 15 is 0 Å². The second kappa shape index (κ2) is 15.0. The minimum atomic E-state index is -1.34. The number of carboxylic acids is 1. The highest BCUT2D eigenvalue weighted by Gasteiger charge is 2.61. The summed E-state index contributed by atoms with van der Waals surface area (Å²) >= 11 is 0. The van der Waals surface area contributed by atoms with E-state index in [1.807, 2.05) is 108 Å². The van der Waals surface area contributed by atoms with Gasteiger partial charge in [0.25, 0.3) is 0 Å². The second-order valence-corrected chi connectivity index (χ2v) is 10.9. The summed E-state index contributed by atoms with van der Waals surface area (Å²) in [7, 11) is 1.29. The maximum Gasteiger partial charge on any atom is 0.323 e. The SMILES string of the molecule is CCOC(=O)C(CC(c1ccccc1)N1C(C(=O)O)C(c2ccccc2)N(CC(=O)OC)C1(C)c1ccccc1)C(=O)OCC. The molecule has 1 aliphatic heterocycles. The number of benzene rings is 3. The zero-order chi connectivity index (χ0) is 32.6. The van der Waals surface area contributed by atoms with Gasteiger partial charge in [-0.1, -0.05) is 91.0 Å². The number of aliphatic carboxylic acids is 1. The van der Waals surface area contributed by atoms with E-state index in [9.17, 15) is 24.3 Å². The molecule has 0 bridgehead atoms. The molecule has 10 nitrogen and oxygen atoms in total. The van der Waals surface area contributed by atoms with Crippen molar-refractivity contribution in [1.82, 2.24) is 9.80 Å². The first kappa shape index (κ1) is 33.4. The smallest absolute Gasteiger partial charge is 0.323 e. The quantitative estimate of drug-likeness (QED) is 0.164. The third-order valence-electron chi connectivity index (χ3n) is 8.36. The Morgan fingerprint density at radius 3 is 1.82 bits per heavy atom. The van der Waals surface area contributed by atoms with Gasteiger partial charge in [-0.2, -0.15) is 0 Å². The van der Waals surface area contributed by atoms with Gasteiger partial charge >= 0.3 is 23.9 Å². The molecule has 1 saturated heterocycles. The summed E-state index contributed by atoms with van der Waals surface area (Å²) in [5, 5.41) is 11.1. The Labute approximate surface area is 263 Å². The van der Waals surface area contributed by atoms with E-state index < -0.39 is 53.6 Å². The summed E-state index contributed by atoms with van der Waals surface area (Å²) in [6.07, 6.45) is -0.137. The Morgan fingerprint density at radius 1 is 0.822 bits per heavy atom. The fourth-order valence-electron chi connectivity index (χ4n) is 6.38. The van der Waals surface area contributed by atoms with Crippen LogP contribution in [0.3, 0.4) is 0 Å². The number of carbonyl (C=O) groups excluding carboxylic acids is 3. The summed E-state index contributed by atoms with van der Waals surface area (Å²) in [6, 6.07) is 24.7. The van der Waals surface area contributed by atoms with E-state index in [1.165, 1.54) is 7.11 Å². The number of carboxylic acid groups (broad SMARTS) is 1. The van der Waals surface area contributed by atoms with Crippen molar-refractivity contribution in [1.29, 1.82) is 0 Å². The molecule has 4 atom stereocenters. The van der Waals surface area contributed by atoms with E-state index in [1.54, 1.807) is 13.8 Å². The monoisotopic (exact) mass is 616 g/mol. The normalized spacial score (nSPS) is 20.8. The van der Waals surface area contributed by atoms with Gasteiger partial charge in [0.2, 0.25) is 0 Å². The molecule has 0 aromatic heterocycles. The van der Waals surface area contributed by atoms with Crippen molar-refractivity contribution in [3.8, 4) is 0 Å². The standard InChI is InChI=1S/C35H40N2O8/c1-5-44-33(41)27(34(42)45-6-2)22-28(24-16-10-7-11-17-24)37-31(32(39)40)30(25-18-12-8-13-19-25)36(23-29(38)43-4)35(37,3)26-20-14-9-15-21-26/h7-21,27-28,30-31H,5-6,22-23H2,1-4H3,(H,39,40). The van der Waals surface area contributed by atoms with E-state index in [2.05, 4.69) is 0 Å². The highest BCUT2D eigenvalue weighted by atomic mass is 16.6. The van der Waals surface area contributed by atoms with Crippen LogP contribution in [0, 0.1) is 5.92 Å². The molecule has 0 aliphatic carbocycles. The number of methoxy groups -OCH3 is 1. The molecule has 0 radical (unpaired) electrons. The lowest BCUT2D eigenvalue weighted by molar-refractivity contribution is -0.163. The first-order valence-electron chi connectivity index (χ1n) is 15.0. The molecule has 1 N–H and O–H groups in total. The largest absolute Gasteiger partial charge is 0.480 e. The summed E-state index contributed by atoms with van der Waals surface area (Å²) in [5.41, 5.74) is 0.810. The Kier molecular flexibility index (Phi) is 11.1. The molecule has 0 spiro atoms. The third kappa shape index (κ3) is 6.92. The number of carbonyl (C=O) groups is 4. The molecule has 238 valence electrons. The molecule has 1 heterocycles. The van der Waals surface area contributed by atoms with Crippen LogP contribution in [0.25, 0.3) is 0 Å². The predicted octanol–water partition coefficient (Wildman–Crippen LogP) is 4.72. The van der Waals surface area contributed by atoms with Gasteiger partial charge in [0.15, 0.2) is 5.92 Å². The van der Waals surface area contributed by atoms with Gasteiger partial charge in [-0.05, 0) is 43.9 Å². The number of ether oxygens (including phenoxy) is 3. The maximum atomic E-state index is 13.5. The lowest BCUT2D eigenvalue weighted by Gasteiger charge is -2.46. The topological polar surface area (TPSA) is 123 Å². The van der Waals surface area contributed by atoms with E-state index in [0.29, 0.717) is 16.7 Å². The first-order valence-corrected chi connectivity index (χ1v) is 15.0. The highest BCUT2D eigenvalue weighted by molar-refractivity contribution is 5.95. The number of nitrogens with zero attached hydrogens (tertiary/aromatic N) is 2. The van der Waals surface area contributed by atoms with Gasteiger partial charge in [0, 0.05) is 6.04 Å². The molecule has 0 amide bonds. The van der Waals surface area contributed by atoms with E-state index in [-0.39, 0.29) is 26.2 Å². The molecule has 3 aromatic carbocycles. The number of hydrogen-bond acceptors (Lipinski definition) is 9. The molecule has 4 unspecified atom stereocenters. The van der Waals surface area contributed by atoms with E-state index in [4.69, 9.17) is 14.2 Å². The number of rotatable bonds is 13. The van der Waals surface area contributed by atoms with Crippen LogP contribution in [0.4, 0.5) is 0 Å². The van der Waals surface area contributed by atoms with E-state index in [0.717, 1.165) is 0 Å². The summed E-state index contributed by atoms with van der Waals surface area (Å²) in [6.45, 7) is 5.04. The highest BCUT2D eigenvalue weighted by Crippen LogP contribution is 2.54. The van der Waals surface area contributed by atoms with Crippen LogP contribution in [0.5, 0.6) is 0 Å². The van der Waals surface area contributed by atoms with Crippen molar-refractivity contribution in [3.63, 3.8) is 0 Å². The van der Waals surface area contributed by atoms with Crippen molar-refractivity contribution in [2.24, 2.45) is 5.92 Å². The summed E-state index contributed by atoms with van der Waals surface area (Å²) < 4.78 is 15.7. The maximum absolute atomic E-state index is 13.5. The van der Waals surface area contributed by atoms with Crippen LogP contribution in [-0.4, -0.2) is 71.7 Å². The van der Waals surface area contributed by atoms with Gasteiger partial charge in [-0.15, -0.1) is 0 Å². The predicted molar refractivity (Wildman–Crippen MR) is 166 cm³/mol. The molecule has 10 heteroatoms. The van der Waals surface area contributed by atoms with Crippen LogP contribution >= 0.6 is 0 Å². The summed E-state index contributed by atoms with van der Waals surface area (Å²) in [4.78, 5) is 56.8. The van der Waals surface area contributed by atoms with Crippen molar-refractivity contribution < 1.29 is 38.5 Å². The molecule has 1 aliphatic rings. The van der Waals surface area contributed by atoms with Crippen LogP contribution in [0.2, 0.25) is 0 Å². The molecule has 45 heavy (non-hydrogen) atoms. The van der Waals surface area contributed by atoms with Gasteiger partial charge in [0.05, 0.1) is 38.6 Å². The van der Waals surface area contributed by atoms with Crippen LogP contribution in [0.15, 0.2) is 91.0 Å². The third-order valence-corrected chi connectivity index (χ3v) is 8.36. The molecule has 1 fully saturated rings. The minimum Gasteiger partial charge on any atom is -0.480 e. The molecular weight excluding hydrogens is 576 g/mol. The van der Waals surface area contributed by atoms with Crippen LogP contribution in [-0.2, 0) is 39.1 Å². The second-order valence-electron chi connectivity index (χ2n) is 10.9. The number of esters is 3. The molecule has 0 saturated carbocycles. The first-order chi connectivity index (χ1) is 21.7. The van der Waals surface area contributed by atoms with Gasteiger partial charge < -0.3 is 19.3 Å². The van der Waals surface area contributed by atoms with Gasteiger partial charge in [0.1, 0.15) is 6.04 Å². The fourth-order valence-corrected chi connectivity index (χ4v) is 6.38.